The van der Waals surface area contributed by atoms with Crippen LogP contribution in [0.5, 0.6) is 0 Å². The number of rotatable bonds is 9. The Labute approximate surface area is 178 Å². The summed E-state index contributed by atoms with van der Waals surface area (Å²) in [6.07, 6.45) is 2.56. The van der Waals surface area contributed by atoms with E-state index in [1.807, 2.05) is 41.0 Å². The van der Waals surface area contributed by atoms with E-state index in [0.717, 1.165) is 54.4 Å². The molecule has 4 rings (SSSR count). The number of aryl methyl sites for hydroxylation is 1. The van der Waals surface area contributed by atoms with E-state index in [9.17, 15) is 9.59 Å². The minimum Gasteiger partial charge on any atom is -0.317 e. The van der Waals surface area contributed by atoms with Crippen molar-refractivity contribution in [1.29, 1.82) is 0 Å². The maximum atomic E-state index is 12.5. The highest BCUT2D eigenvalue weighted by atomic mass is 35.5. The van der Waals surface area contributed by atoms with Crippen molar-refractivity contribution in [3.8, 4) is 0 Å². The van der Waals surface area contributed by atoms with Crippen LogP contribution in [0.3, 0.4) is 0 Å². The molecule has 4 aromatic rings. The number of hydrogen-bond acceptors (Lipinski definition) is 3. The van der Waals surface area contributed by atoms with Crippen LogP contribution in [0.4, 0.5) is 0 Å². The van der Waals surface area contributed by atoms with Gasteiger partial charge in [0, 0.05) is 17.6 Å². The third kappa shape index (κ3) is 4.08. The smallest absolute Gasteiger partial charge is 0.317 e. The number of hydrogen-bond donors (Lipinski definition) is 3. The Morgan fingerprint density at radius 3 is 2.63 bits per heavy atom. The fourth-order valence-corrected chi connectivity index (χ4v) is 4.24. The molecule has 1 unspecified atom stereocenters. The zero-order valence-corrected chi connectivity index (χ0v) is 17.7. The van der Waals surface area contributed by atoms with E-state index in [0.29, 0.717) is 11.6 Å². The van der Waals surface area contributed by atoms with Gasteiger partial charge in [0.25, 0.3) is 0 Å². The molecule has 7 nitrogen and oxygen atoms in total. The predicted octanol–water partition coefficient (Wildman–Crippen LogP) is 3.65. The molecule has 0 saturated heterocycles. The van der Waals surface area contributed by atoms with Gasteiger partial charge < -0.3 is 15.3 Å². The Morgan fingerprint density at radius 2 is 1.80 bits per heavy atom. The summed E-state index contributed by atoms with van der Waals surface area (Å²) >= 11 is 6.04. The maximum Gasteiger partial charge on any atom is 0.326 e. The number of nitrogens with one attached hydrogen (secondary N) is 3. The summed E-state index contributed by atoms with van der Waals surface area (Å²) in [4.78, 5) is 30.4. The highest BCUT2D eigenvalue weighted by molar-refractivity contribution is 6.31. The van der Waals surface area contributed by atoms with E-state index < -0.39 is 0 Å². The van der Waals surface area contributed by atoms with Crippen molar-refractivity contribution in [1.82, 2.24) is 24.4 Å². The third-order valence-corrected chi connectivity index (χ3v) is 5.82. The van der Waals surface area contributed by atoms with Gasteiger partial charge in [-0.25, -0.2) is 9.59 Å². The lowest BCUT2D eigenvalue weighted by Crippen LogP contribution is -2.27. The zero-order valence-electron chi connectivity index (χ0n) is 17.0. The van der Waals surface area contributed by atoms with Crippen molar-refractivity contribution >= 4 is 33.7 Å². The second kappa shape index (κ2) is 8.93. The summed E-state index contributed by atoms with van der Waals surface area (Å²) in [5.41, 5.74) is 3.29. The summed E-state index contributed by atoms with van der Waals surface area (Å²) in [5, 5.41) is 4.06. The van der Waals surface area contributed by atoms with Gasteiger partial charge in [-0.3, -0.25) is 9.13 Å². The summed E-state index contributed by atoms with van der Waals surface area (Å²) < 4.78 is 3.61. The number of benzene rings is 2. The molecular weight excluding hydrogens is 402 g/mol. The van der Waals surface area contributed by atoms with Crippen molar-refractivity contribution < 1.29 is 0 Å². The van der Waals surface area contributed by atoms with Gasteiger partial charge in [-0.15, -0.1) is 0 Å². The van der Waals surface area contributed by atoms with Crippen LogP contribution < -0.4 is 16.7 Å². The van der Waals surface area contributed by atoms with Crippen LogP contribution in [0, 0.1) is 0 Å². The van der Waals surface area contributed by atoms with Crippen LogP contribution >= 0.6 is 11.6 Å². The summed E-state index contributed by atoms with van der Waals surface area (Å²) in [7, 11) is 0. The standard InChI is InChI=1S/C22H26ClN5O2/c1-2-16(28-20-9-8-15(23)14-18(20)26-22(28)30)10-12-24-11-5-13-27-19-7-4-3-6-17(19)25-21(27)29/h3-4,6-9,14,16,24H,2,5,10-13H2,1H3,(H,25,29)(H,26,30). The van der Waals surface area contributed by atoms with Crippen molar-refractivity contribution in [2.45, 2.75) is 38.8 Å². The first-order valence-corrected chi connectivity index (χ1v) is 10.7. The molecule has 2 aromatic carbocycles. The fourth-order valence-electron chi connectivity index (χ4n) is 4.07. The van der Waals surface area contributed by atoms with Crippen LogP contribution in [0.25, 0.3) is 22.1 Å². The lowest BCUT2D eigenvalue weighted by Gasteiger charge is -2.17. The number of imidazole rings is 2. The predicted molar refractivity (Wildman–Crippen MR) is 122 cm³/mol. The first-order chi connectivity index (χ1) is 14.6. The first-order valence-electron chi connectivity index (χ1n) is 10.4. The Balaban J connectivity index is 1.32. The number of para-hydroxylation sites is 2. The normalized spacial score (nSPS) is 12.7. The van der Waals surface area contributed by atoms with Crippen molar-refractivity contribution in [2.24, 2.45) is 0 Å². The number of H-pyrrole nitrogens is 2. The van der Waals surface area contributed by atoms with Crippen LogP contribution in [0.2, 0.25) is 5.02 Å². The molecule has 1 atom stereocenters. The topological polar surface area (TPSA) is 87.6 Å². The molecule has 0 fully saturated rings. The number of aromatic nitrogens is 4. The SMILES string of the molecule is CCC(CCNCCCn1c(=O)[nH]c2ccccc21)n1c(=O)[nH]c2cc(Cl)ccc21. The van der Waals surface area contributed by atoms with Gasteiger partial charge in [0.05, 0.1) is 22.1 Å². The summed E-state index contributed by atoms with van der Waals surface area (Å²) in [5.74, 6) is 0. The summed E-state index contributed by atoms with van der Waals surface area (Å²) in [6, 6.07) is 13.3. The monoisotopic (exact) mass is 427 g/mol. The number of nitrogens with zero attached hydrogens (tertiary/aromatic N) is 2. The van der Waals surface area contributed by atoms with E-state index in [4.69, 9.17) is 11.6 Å². The Hall–Kier alpha value is -2.77. The van der Waals surface area contributed by atoms with E-state index >= 15 is 0 Å². The van der Waals surface area contributed by atoms with Crippen molar-refractivity contribution in [3.63, 3.8) is 0 Å². The van der Waals surface area contributed by atoms with Gasteiger partial charge in [-0.1, -0.05) is 30.7 Å². The molecule has 8 heteroatoms. The zero-order chi connectivity index (χ0) is 21.1. The van der Waals surface area contributed by atoms with Gasteiger partial charge in [0.15, 0.2) is 0 Å². The minimum absolute atomic E-state index is 0.0685. The highest BCUT2D eigenvalue weighted by Crippen LogP contribution is 2.22. The largest absolute Gasteiger partial charge is 0.326 e. The average molecular weight is 428 g/mol. The van der Waals surface area contributed by atoms with Gasteiger partial charge in [-0.2, -0.15) is 0 Å². The van der Waals surface area contributed by atoms with Crippen LogP contribution in [-0.2, 0) is 6.54 Å². The first kappa shape index (κ1) is 20.5. The van der Waals surface area contributed by atoms with Gasteiger partial charge in [0.1, 0.15) is 0 Å². The van der Waals surface area contributed by atoms with Crippen LogP contribution in [0.15, 0.2) is 52.1 Å². The molecule has 0 spiro atoms. The second-order valence-electron chi connectivity index (χ2n) is 7.51. The van der Waals surface area contributed by atoms with Gasteiger partial charge in [-0.05, 0) is 62.7 Å². The number of fused-ring (bicyclic) bond motifs is 2. The molecule has 0 radical (unpaired) electrons. The maximum absolute atomic E-state index is 12.5. The molecule has 2 heterocycles. The molecule has 0 aliphatic heterocycles. The van der Waals surface area contributed by atoms with Gasteiger partial charge >= 0.3 is 11.4 Å². The van der Waals surface area contributed by atoms with E-state index in [1.165, 1.54) is 0 Å². The number of aromatic amines is 2. The minimum atomic E-state index is -0.0992. The molecule has 0 amide bonds. The highest BCUT2D eigenvalue weighted by Gasteiger charge is 2.15. The average Bonchev–Trinajstić information content (AvgIpc) is 3.22. The van der Waals surface area contributed by atoms with Crippen LogP contribution in [-0.4, -0.2) is 32.2 Å². The van der Waals surface area contributed by atoms with Gasteiger partial charge in [0.2, 0.25) is 0 Å². The lowest BCUT2D eigenvalue weighted by molar-refractivity contribution is 0.434. The lowest BCUT2D eigenvalue weighted by atomic mass is 10.1. The molecule has 0 saturated carbocycles. The Kier molecular flexibility index (Phi) is 6.11. The molecule has 0 aliphatic carbocycles. The van der Waals surface area contributed by atoms with E-state index in [2.05, 4.69) is 22.2 Å². The summed E-state index contributed by atoms with van der Waals surface area (Å²) in [6.45, 7) is 4.36. The fraction of sp³-hybridized carbons (Fsp3) is 0.364. The molecule has 0 aliphatic rings. The molecule has 158 valence electrons. The van der Waals surface area contributed by atoms with Crippen LogP contribution in [0.1, 0.15) is 32.2 Å². The Bertz CT molecular complexity index is 1270. The molecule has 2 aromatic heterocycles. The molecule has 30 heavy (non-hydrogen) atoms. The molecule has 3 N–H and O–H groups in total. The third-order valence-electron chi connectivity index (χ3n) is 5.59. The van der Waals surface area contributed by atoms with E-state index in [-0.39, 0.29) is 17.4 Å². The quantitative estimate of drug-likeness (QED) is 0.356. The van der Waals surface area contributed by atoms with E-state index in [1.54, 1.807) is 10.6 Å². The van der Waals surface area contributed by atoms with Crippen molar-refractivity contribution in [2.75, 3.05) is 13.1 Å². The molecular formula is C22H26ClN5O2. The van der Waals surface area contributed by atoms with Crippen molar-refractivity contribution in [3.05, 3.63) is 68.5 Å². The Morgan fingerprint density at radius 1 is 1.00 bits per heavy atom. The number of halogens is 1. The molecule has 0 bridgehead atoms. The second-order valence-corrected chi connectivity index (χ2v) is 7.95.